The normalized spacial score (nSPS) is 17.8. The molecule has 3 rings (SSSR count). The van der Waals surface area contributed by atoms with Crippen LogP contribution in [0.1, 0.15) is 24.2 Å². The number of amides is 1. The van der Waals surface area contributed by atoms with Gasteiger partial charge in [-0.25, -0.2) is 8.42 Å². The van der Waals surface area contributed by atoms with Crippen LogP contribution in [-0.2, 0) is 14.8 Å². The third-order valence-electron chi connectivity index (χ3n) is 4.55. The van der Waals surface area contributed by atoms with E-state index in [0.29, 0.717) is 34.7 Å². The number of morpholine rings is 1. The summed E-state index contributed by atoms with van der Waals surface area (Å²) in [4.78, 5) is 14.8. The summed E-state index contributed by atoms with van der Waals surface area (Å²) in [6.07, 6.45) is -0.0369. The number of carbonyl (C=O) groups excluding carboxylic acids is 1. The quantitative estimate of drug-likeness (QED) is 0.616. The standard InChI is InChI=1S/C20H26ClN3O4S2/c1-14(2)12-24-9-10-28-17(13-24)11-22-20(25)15-3-5-16(6-4-15)23-30(26,27)19-8-7-18(21)29-19/h3-8,14,17,23H,9-13H2,1-2H3,(H,22,25)/t17-/m0/s1. The molecule has 0 bridgehead atoms. The Hall–Kier alpha value is -1.65. The molecular weight excluding hydrogens is 446 g/mol. The minimum absolute atomic E-state index is 0.0369. The first kappa shape index (κ1) is 23.0. The number of ether oxygens (including phenoxy) is 1. The Bertz CT molecular complexity index is 961. The zero-order valence-corrected chi connectivity index (χ0v) is 19.3. The number of carbonyl (C=O) groups is 1. The number of halogens is 1. The van der Waals surface area contributed by atoms with Crippen molar-refractivity contribution in [1.29, 1.82) is 0 Å². The van der Waals surface area contributed by atoms with E-state index in [1.165, 1.54) is 12.1 Å². The van der Waals surface area contributed by atoms with Crippen molar-refractivity contribution in [1.82, 2.24) is 10.2 Å². The first-order valence-corrected chi connectivity index (χ1v) is 12.4. The predicted molar refractivity (Wildman–Crippen MR) is 120 cm³/mol. The van der Waals surface area contributed by atoms with Crippen LogP contribution in [0.5, 0.6) is 0 Å². The van der Waals surface area contributed by atoms with Gasteiger partial charge in [-0.05, 0) is 42.3 Å². The van der Waals surface area contributed by atoms with Gasteiger partial charge < -0.3 is 10.1 Å². The number of rotatable bonds is 8. The molecule has 1 aromatic carbocycles. The molecule has 0 unspecified atom stereocenters. The maximum Gasteiger partial charge on any atom is 0.271 e. The van der Waals surface area contributed by atoms with Crippen LogP contribution in [0.3, 0.4) is 0 Å². The lowest BCUT2D eigenvalue weighted by molar-refractivity contribution is -0.0295. The van der Waals surface area contributed by atoms with Crippen molar-refractivity contribution >= 4 is 44.6 Å². The van der Waals surface area contributed by atoms with Gasteiger partial charge in [0.1, 0.15) is 4.21 Å². The Kier molecular flexibility index (Phi) is 7.75. The second-order valence-corrected chi connectivity index (χ2v) is 11.2. The van der Waals surface area contributed by atoms with Crippen LogP contribution in [0.4, 0.5) is 5.69 Å². The Labute approximate surface area is 186 Å². The highest BCUT2D eigenvalue weighted by Crippen LogP contribution is 2.27. The fourth-order valence-electron chi connectivity index (χ4n) is 3.23. The van der Waals surface area contributed by atoms with Crippen LogP contribution in [0.2, 0.25) is 4.34 Å². The van der Waals surface area contributed by atoms with Gasteiger partial charge in [0.2, 0.25) is 0 Å². The van der Waals surface area contributed by atoms with Gasteiger partial charge in [0.15, 0.2) is 0 Å². The SMILES string of the molecule is CC(C)CN1CCO[C@@H](CNC(=O)c2ccc(NS(=O)(=O)c3ccc(Cl)s3)cc2)C1. The van der Waals surface area contributed by atoms with Crippen LogP contribution < -0.4 is 10.0 Å². The molecule has 0 aliphatic carbocycles. The van der Waals surface area contributed by atoms with Gasteiger partial charge >= 0.3 is 0 Å². The van der Waals surface area contributed by atoms with Crippen molar-refractivity contribution in [2.24, 2.45) is 5.92 Å². The molecule has 1 fully saturated rings. The van der Waals surface area contributed by atoms with Crippen LogP contribution in [0.25, 0.3) is 0 Å². The zero-order valence-electron chi connectivity index (χ0n) is 16.9. The topological polar surface area (TPSA) is 87.7 Å². The third-order valence-corrected chi connectivity index (χ3v) is 7.65. The lowest BCUT2D eigenvalue weighted by atomic mass is 10.1. The molecule has 1 aromatic heterocycles. The summed E-state index contributed by atoms with van der Waals surface area (Å²) in [7, 11) is -3.70. The number of nitrogens with zero attached hydrogens (tertiary/aromatic N) is 1. The summed E-state index contributed by atoms with van der Waals surface area (Å²) in [5.74, 6) is 0.366. The highest BCUT2D eigenvalue weighted by molar-refractivity contribution is 7.94. The van der Waals surface area contributed by atoms with E-state index in [9.17, 15) is 13.2 Å². The Morgan fingerprint density at radius 1 is 1.27 bits per heavy atom. The molecule has 7 nitrogen and oxygen atoms in total. The van der Waals surface area contributed by atoms with Gasteiger partial charge in [0, 0.05) is 37.4 Å². The molecule has 2 N–H and O–H groups in total. The van der Waals surface area contributed by atoms with Gasteiger partial charge in [-0.1, -0.05) is 25.4 Å². The van der Waals surface area contributed by atoms with Crippen molar-refractivity contribution in [2.45, 2.75) is 24.2 Å². The maximum atomic E-state index is 12.4. The molecule has 30 heavy (non-hydrogen) atoms. The smallest absolute Gasteiger partial charge is 0.271 e. The molecule has 1 atom stereocenters. The summed E-state index contributed by atoms with van der Waals surface area (Å²) >= 11 is 6.79. The maximum absolute atomic E-state index is 12.4. The van der Waals surface area contributed by atoms with E-state index in [1.807, 2.05) is 0 Å². The van der Waals surface area contributed by atoms with Crippen molar-refractivity contribution < 1.29 is 17.9 Å². The lowest BCUT2D eigenvalue weighted by Gasteiger charge is -2.33. The molecule has 2 heterocycles. The molecule has 1 aliphatic rings. The average molecular weight is 472 g/mol. The van der Waals surface area contributed by atoms with E-state index in [-0.39, 0.29) is 16.2 Å². The van der Waals surface area contributed by atoms with E-state index in [1.54, 1.807) is 24.3 Å². The van der Waals surface area contributed by atoms with Crippen molar-refractivity contribution in [3.63, 3.8) is 0 Å². The highest BCUT2D eigenvalue weighted by atomic mass is 35.5. The third kappa shape index (κ3) is 6.42. The van der Waals surface area contributed by atoms with Gasteiger partial charge in [-0.3, -0.25) is 14.4 Å². The molecule has 0 spiro atoms. The zero-order chi connectivity index (χ0) is 21.7. The number of sulfonamides is 1. The summed E-state index contributed by atoms with van der Waals surface area (Å²) in [6.45, 7) is 8.20. The average Bonchev–Trinajstić information content (AvgIpc) is 3.14. The number of thiophene rings is 1. The predicted octanol–water partition coefficient (Wildman–Crippen LogP) is 3.29. The van der Waals surface area contributed by atoms with E-state index < -0.39 is 10.0 Å². The largest absolute Gasteiger partial charge is 0.374 e. The second-order valence-electron chi connectivity index (χ2n) is 7.60. The number of hydrogen-bond acceptors (Lipinski definition) is 6. The number of anilines is 1. The summed E-state index contributed by atoms with van der Waals surface area (Å²) in [5.41, 5.74) is 0.822. The number of hydrogen-bond donors (Lipinski definition) is 2. The molecule has 1 amide bonds. The fourth-order valence-corrected chi connectivity index (χ4v) is 5.77. The molecule has 0 radical (unpaired) electrons. The Balaban J connectivity index is 1.52. The molecular formula is C20H26ClN3O4S2. The first-order chi connectivity index (χ1) is 14.2. The van der Waals surface area contributed by atoms with Crippen LogP contribution >= 0.6 is 22.9 Å². The van der Waals surface area contributed by atoms with Gasteiger partial charge in [-0.15, -0.1) is 11.3 Å². The van der Waals surface area contributed by atoms with Gasteiger partial charge in [0.05, 0.1) is 17.0 Å². The van der Waals surface area contributed by atoms with Gasteiger partial charge in [-0.2, -0.15) is 0 Å². The molecule has 1 aliphatic heterocycles. The van der Waals surface area contributed by atoms with E-state index >= 15 is 0 Å². The van der Waals surface area contributed by atoms with E-state index in [2.05, 4.69) is 28.8 Å². The summed E-state index contributed by atoms with van der Waals surface area (Å²) in [6, 6.07) is 9.27. The molecule has 2 aromatic rings. The van der Waals surface area contributed by atoms with E-state index in [0.717, 1.165) is 31.0 Å². The van der Waals surface area contributed by atoms with Crippen molar-refractivity contribution in [2.75, 3.05) is 37.5 Å². The lowest BCUT2D eigenvalue weighted by Crippen LogP contribution is -2.48. The minimum Gasteiger partial charge on any atom is -0.374 e. The van der Waals surface area contributed by atoms with Crippen LogP contribution in [0, 0.1) is 5.92 Å². The molecule has 1 saturated heterocycles. The van der Waals surface area contributed by atoms with Crippen molar-refractivity contribution in [3.8, 4) is 0 Å². The van der Waals surface area contributed by atoms with Crippen LogP contribution in [0.15, 0.2) is 40.6 Å². The van der Waals surface area contributed by atoms with Crippen molar-refractivity contribution in [3.05, 3.63) is 46.3 Å². The van der Waals surface area contributed by atoms with Gasteiger partial charge in [0.25, 0.3) is 15.9 Å². The Morgan fingerprint density at radius 2 is 2.00 bits per heavy atom. The molecule has 0 saturated carbocycles. The van der Waals surface area contributed by atoms with E-state index in [4.69, 9.17) is 16.3 Å². The molecule has 164 valence electrons. The Morgan fingerprint density at radius 3 is 2.63 bits per heavy atom. The summed E-state index contributed by atoms with van der Waals surface area (Å²) in [5, 5.41) is 2.90. The summed E-state index contributed by atoms with van der Waals surface area (Å²) < 4.78 is 33.5. The molecule has 10 heteroatoms. The minimum atomic E-state index is -3.70. The van der Waals surface area contributed by atoms with Crippen LogP contribution in [-0.4, -0.2) is 58.1 Å². The number of nitrogens with one attached hydrogen (secondary N) is 2. The second kappa shape index (κ2) is 10.1. The fraction of sp³-hybridized carbons (Fsp3) is 0.450. The monoisotopic (exact) mass is 471 g/mol. The first-order valence-electron chi connectivity index (χ1n) is 9.73. The number of benzene rings is 1. The highest BCUT2D eigenvalue weighted by Gasteiger charge is 2.22.